The molecule has 2 nitrogen and oxygen atoms in total. The molecule has 1 rings (SSSR count). The van der Waals surface area contributed by atoms with Crippen LogP contribution in [0.2, 0.25) is 0 Å². The molecule has 1 heterocycles. The number of rotatable bonds is 4. The molecule has 2 heteroatoms. The van der Waals surface area contributed by atoms with Crippen molar-refractivity contribution in [3.63, 3.8) is 0 Å². The van der Waals surface area contributed by atoms with E-state index < -0.39 is 0 Å². The maximum atomic E-state index is 5.91. The van der Waals surface area contributed by atoms with Crippen LogP contribution in [-0.2, 0) is 4.74 Å². The average molecular weight is 211 g/mol. The Labute approximate surface area is 94.3 Å². The summed E-state index contributed by atoms with van der Waals surface area (Å²) in [6.07, 6.45) is 3.60. The summed E-state index contributed by atoms with van der Waals surface area (Å²) >= 11 is 0. The second-order valence-electron chi connectivity index (χ2n) is 5.30. The summed E-state index contributed by atoms with van der Waals surface area (Å²) in [4.78, 5) is 2.28. The zero-order valence-electron chi connectivity index (χ0n) is 10.7. The van der Waals surface area contributed by atoms with Crippen LogP contribution in [0.15, 0.2) is 12.5 Å². The van der Waals surface area contributed by atoms with Crippen LogP contribution in [0.5, 0.6) is 0 Å². The van der Waals surface area contributed by atoms with Crippen molar-refractivity contribution >= 4 is 0 Å². The van der Waals surface area contributed by atoms with Crippen LogP contribution in [0.1, 0.15) is 47.0 Å². The molecule has 0 bridgehead atoms. The molecule has 1 aliphatic heterocycles. The minimum atomic E-state index is -0.0855. The summed E-state index contributed by atoms with van der Waals surface area (Å²) in [5.74, 6) is 1.62. The smallest absolute Gasteiger partial charge is 0.182 e. The van der Waals surface area contributed by atoms with Gasteiger partial charge in [0.05, 0.1) is 0 Å². The van der Waals surface area contributed by atoms with E-state index in [1.165, 1.54) is 12.8 Å². The standard InChI is InChI=1S/C13H25NO/c1-6-13(4,5)15-12(3)14-9-7-8-11(2)10-14/h11H,3,6-10H2,1-2,4-5H3. The molecule has 0 spiro atoms. The molecule has 0 saturated carbocycles. The third-order valence-corrected chi connectivity index (χ3v) is 3.26. The number of hydrogen-bond acceptors (Lipinski definition) is 2. The van der Waals surface area contributed by atoms with Gasteiger partial charge in [-0.2, -0.15) is 0 Å². The fourth-order valence-corrected chi connectivity index (χ4v) is 1.87. The first-order valence-corrected chi connectivity index (χ1v) is 6.07. The highest BCUT2D eigenvalue weighted by Gasteiger charge is 2.23. The Balaban J connectivity index is 2.46. The first-order chi connectivity index (χ1) is 6.94. The van der Waals surface area contributed by atoms with Crippen LogP contribution in [0, 0.1) is 5.92 Å². The van der Waals surface area contributed by atoms with E-state index in [4.69, 9.17) is 4.74 Å². The second-order valence-corrected chi connectivity index (χ2v) is 5.30. The van der Waals surface area contributed by atoms with Crippen LogP contribution in [0.25, 0.3) is 0 Å². The van der Waals surface area contributed by atoms with Gasteiger partial charge < -0.3 is 9.64 Å². The van der Waals surface area contributed by atoms with E-state index in [-0.39, 0.29) is 5.60 Å². The lowest BCUT2D eigenvalue weighted by Crippen LogP contribution is -2.37. The number of ether oxygens (including phenoxy) is 1. The highest BCUT2D eigenvalue weighted by atomic mass is 16.5. The summed E-state index contributed by atoms with van der Waals surface area (Å²) in [5, 5.41) is 0. The van der Waals surface area contributed by atoms with E-state index in [0.29, 0.717) is 0 Å². The average Bonchev–Trinajstić information content (AvgIpc) is 2.17. The first-order valence-electron chi connectivity index (χ1n) is 6.07. The van der Waals surface area contributed by atoms with Gasteiger partial charge in [-0.25, -0.2) is 0 Å². The van der Waals surface area contributed by atoms with Crippen LogP contribution in [0.4, 0.5) is 0 Å². The minimum absolute atomic E-state index is 0.0855. The van der Waals surface area contributed by atoms with Crippen molar-refractivity contribution < 1.29 is 4.74 Å². The summed E-state index contributed by atoms with van der Waals surface area (Å²) < 4.78 is 5.91. The minimum Gasteiger partial charge on any atom is -0.474 e. The van der Waals surface area contributed by atoms with E-state index in [2.05, 4.69) is 39.2 Å². The lowest BCUT2D eigenvalue weighted by molar-refractivity contribution is -0.0208. The lowest BCUT2D eigenvalue weighted by Gasteiger charge is -2.37. The van der Waals surface area contributed by atoms with E-state index in [0.717, 1.165) is 31.3 Å². The fraction of sp³-hybridized carbons (Fsp3) is 0.846. The summed E-state index contributed by atoms with van der Waals surface area (Å²) in [5.41, 5.74) is -0.0855. The molecule has 0 aromatic carbocycles. The highest BCUT2D eigenvalue weighted by molar-refractivity contribution is 4.90. The van der Waals surface area contributed by atoms with Gasteiger partial charge in [-0.1, -0.05) is 13.8 Å². The molecule has 88 valence electrons. The number of nitrogens with zero attached hydrogens (tertiary/aromatic N) is 1. The van der Waals surface area contributed by atoms with Gasteiger partial charge in [0, 0.05) is 13.1 Å². The normalized spacial score (nSPS) is 22.7. The summed E-state index contributed by atoms with van der Waals surface area (Å²) in [7, 11) is 0. The second kappa shape index (κ2) is 4.91. The summed E-state index contributed by atoms with van der Waals surface area (Å²) in [6, 6.07) is 0. The molecule has 1 fully saturated rings. The van der Waals surface area contributed by atoms with Crippen molar-refractivity contribution in [3.8, 4) is 0 Å². The third-order valence-electron chi connectivity index (χ3n) is 3.26. The Morgan fingerprint density at radius 3 is 2.73 bits per heavy atom. The molecule has 1 saturated heterocycles. The van der Waals surface area contributed by atoms with Gasteiger partial charge in [0.25, 0.3) is 0 Å². The predicted molar refractivity (Wildman–Crippen MR) is 64.6 cm³/mol. The maximum Gasteiger partial charge on any atom is 0.182 e. The van der Waals surface area contributed by atoms with Crippen molar-refractivity contribution in [1.29, 1.82) is 0 Å². The SMILES string of the molecule is C=C(OC(C)(C)CC)N1CCCC(C)C1. The van der Waals surface area contributed by atoms with Crippen molar-refractivity contribution in [2.24, 2.45) is 5.92 Å². The highest BCUT2D eigenvalue weighted by Crippen LogP contribution is 2.24. The largest absolute Gasteiger partial charge is 0.474 e. The van der Waals surface area contributed by atoms with Gasteiger partial charge in [0.1, 0.15) is 5.60 Å². The molecule has 0 aromatic heterocycles. The zero-order chi connectivity index (χ0) is 11.5. The fourth-order valence-electron chi connectivity index (χ4n) is 1.87. The van der Waals surface area contributed by atoms with Crippen molar-refractivity contribution in [2.45, 2.75) is 52.6 Å². The van der Waals surface area contributed by atoms with Gasteiger partial charge in [-0.05, 0) is 45.6 Å². The van der Waals surface area contributed by atoms with Crippen molar-refractivity contribution in [1.82, 2.24) is 4.90 Å². The Morgan fingerprint density at radius 2 is 2.20 bits per heavy atom. The van der Waals surface area contributed by atoms with Crippen LogP contribution in [0.3, 0.4) is 0 Å². The molecule has 15 heavy (non-hydrogen) atoms. The van der Waals surface area contributed by atoms with E-state index in [1.54, 1.807) is 0 Å². The third kappa shape index (κ3) is 3.77. The molecule has 0 aromatic rings. The van der Waals surface area contributed by atoms with Gasteiger partial charge >= 0.3 is 0 Å². The first kappa shape index (κ1) is 12.4. The number of hydrogen-bond donors (Lipinski definition) is 0. The monoisotopic (exact) mass is 211 g/mol. The molecule has 1 atom stereocenters. The topological polar surface area (TPSA) is 12.5 Å². The van der Waals surface area contributed by atoms with Gasteiger partial charge in [-0.15, -0.1) is 0 Å². The Kier molecular flexibility index (Phi) is 4.06. The van der Waals surface area contributed by atoms with Gasteiger partial charge in [0.2, 0.25) is 0 Å². The molecule has 0 amide bonds. The van der Waals surface area contributed by atoms with Gasteiger partial charge in [0.15, 0.2) is 5.88 Å². The molecule has 1 aliphatic rings. The molecular formula is C13H25NO. The number of piperidine rings is 1. The maximum absolute atomic E-state index is 5.91. The van der Waals surface area contributed by atoms with Crippen molar-refractivity contribution in [3.05, 3.63) is 12.5 Å². The predicted octanol–water partition coefficient (Wildman–Crippen LogP) is 3.39. The van der Waals surface area contributed by atoms with Crippen LogP contribution < -0.4 is 0 Å². The zero-order valence-corrected chi connectivity index (χ0v) is 10.7. The van der Waals surface area contributed by atoms with E-state index >= 15 is 0 Å². The van der Waals surface area contributed by atoms with Crippen molar-refractivity contribution in [2.75, 3.05) is 13.1 Å². The Bertz CT molecular complexity index is 223. The Morgan fingerprint density at radius 1 is 1.53 bits per heavy atom. The molecule has 0 aliphatic carbocycles. The summed E-state index contributed by atoms with van der Waals surface area (Å²) in [6.45, 7) is 14.9. The van der Waals surface area contributed by atoms with Crippen LogP contribution in [-0.4, -0.2) is 23.6 Å². The molecule has 0 radical (unpaired) electrons. The van der Waals surface area contributed by atoms with Crippen LogP contribution >= 0.6 is 0 Å². The van der Waals surface area contributed by atoms with E-state index in [1.807, 2.05) is 0 Å². The Hall–Kier alpha value is -0.660. The van der Waals surface area contributed by atoms with Gasteiger partial charge in [-0.3, -0.25) is 0 Å². The molecule has 1 unspecified atom stereocenters. The molecular weight excluding hydrogens is 186 g/mol. The quantitative estimate of drug-likeness (QED) is 0.661. The van der Waals surface area contributed by atoms with E-state index in [9.17, 15) is 0 Å². The molecule has 0 N–H and O–H groups in total. The number of likely N-dealkylation sites (tertiary alicyclic amines) is 1. The lowest BCUT2D eigenvalue weighted by atomic mass is 10.0.